The number of ether oxygens (including phenoxy) is 2. The zero-order valence-electron chi connectivity index (χ0n) is 22.5. The fourth-order valence-electron chi connectivity index (χ4n) is 3.61. The number of carbonyl (C=O) groups excluding carboxylic acids is 2. The molecule has 0 fully saturated rings. The lowest BCUT2D eigenvalue weighted by Crippen LogP contribution is -2.39. The van der Waals surface area contributed by atoms with Gasteiger partial charge in [0.2, 0.25) is 0 Å². The zero-order valence-corrected chi connectivity index (χ0v) is 24.1. The van der Waals surface area contributed by atoms with Crippen molar-refractivity contribution in [3.05, 3.63) is 39.0 Å². The zero-order chi connectivity index (χ0) is 26.8. The van der Waals surface area contributed by atoms with Gasteiger partial charge < -0.3 is 14.8 Å². The number of fused-ring (bicyclic) bond motifs is 1. The number of amides is 2. The molecule has 0 aliphatic rings. The number of rotatable bonds is 6. The van der Waals surface area contributed by atoms with Gasteiger partial charge in [0.15, 0.2) is 0 Å². The van der Waals surface area contributed by atoms with Crippen LogP contribution in [0.15, 0.2) is 23.7 Å². The Morgan fingerprint density at radius 2 is 1.78 bits per heavy atom. The van der Waals surface area contributed by atoms with Gasteiger partial charge in [0.05, 0.1) is 23.1 Å². The number of aryl methyl sites for hydroxylation is 1. The van der Waals surface area contributed by atoms with E-state index in [1.54, 1.807) is 33.8 Å². The average molecular weight is 533 g/mol. The quantitative estimate of drug-likeness (QED) is 0.367. The minimum absolute atomic E-state index is 0.0168. The highest BCUT2D eigenvalue weighted by molar-refractivity contribution is 7.20. The Labute approximate surface area is 221 Å². The first kappa shape index (κ1) is 27.9. The minimum Gasteiger partial charge on any atom is -0.444 e. The number of aromatic nitrogens is 2. The molecular weight excluding hydrogens is 496 g/mol. The van der Waals surface area contributed by atoms with E-state index in [1.807, 2.05) is 72.9 Å². The van der Waals surface area contributed by atoms with Crippen LogP contribution in [0.3, 0.4) is 0 Å². The standard InChI is InChI=1S/C26H36N4O4S2/c1-15(17(3)28-23(31)33-25(4,5)6)21-16(2)20-22(36-21)19(13-27-29-20)30(14-18-11-10-12-35-18)24(32)34-26(7,8)9/h10-13,15,17H,14H2,1-9H3,(H,28,31)/t15?,17-/m0/s1. The molecule has 196 valence electrons. The van der Waals surface area contributed by atoms with Crippen LogP contribution in [0.1, 0.15) is 76.6 Å². The lowest BCUT2D eigenvalue weighted by molar-refractivity contribution is 0.0501. The molecule has 0 bridgehead atoms. The van der Waals surface area contributed by atoms with Gasteiger partial charge in [-0.15, -0.1) is 27.8 Å². The molecular formula is C26H36N4O4S2. The van der Waals surface area contributed by atoms with Crippen LogP contribution in [-0.2, 0) is 16.0 Å². The SMILES string of the molecule is Cc1c(C(C)[C@H](C)NC(=O)OC(C)(C)C)sc2c(N(Cc3cccs3)C(=O)OC(C)(C)C)cnnc12. The molecule has 10 heteroatoms. The molecule has 0 saturated carbocycles. The number of anilines is 1. The van der Waals surface area contributed by atoms with Gasteiger partial charge in [-0.3, -0.25) is 4.90 Å². The number of nitrogens with one attached hydrogen (secondary N) is 1. The van der Waals surface area contributed by atoms with Crippen LogP contribution in [0, 0.1) is 6.92 Å². The summed E-state index contributed by atoms with van der Waals surface area (Å²) in [7, 11) is 0. The first-order chi connectivity index (χ1) is 16.7. The Bertz CT molecular complexity index is 1210. The molecule has 0 aliphatic heterocycles. The van der Waals surface area contributed by atoms with E-state index in [4.69, 9.17) is 9.47 Å². The number of hydrogen-bond acceptors (Lipinski definition) is 8. The molecule has 2 amide bonds. The Morgan fingerprint density at radius 1 is 1.11 bits per heavy atom. The van der Waals surface area contributed by atoms with E-state index in [0.29, 0.717) is 12.2 Å². The van der Waals surface area contributed by atoms with E-state index < -0.39 is 23.4 Å². The molecule has 0 saturated heterocycles. The second-order valence-corrected chi connectivity index (χ2v) is 13.0. The molecule has 36 heavy (non-hydrogen) atoms. The van der Waals surface area contributed by atoms with Gasteiger partial charge >= 0.3 is 12.2 Å². The third-order valence-electron chi connectivity index (χ3n) is 5.43. The van der Waals surface area contributed by atoms with Crippen LogP contribution in [0.5, 0.6) is 0 Å². The van der Waals surface area contributed by atoms with Crippen molar-refractivity contribution in [2.75, 3.05) is 4.90 Å². The number of hydrogen-bond donors (Lipinski definition) is 1. The van der Waals surface area contributed by atoms with Crippen molar-refractivity contribution >= 4 is 50.8 Å². The van der Waals surface area contributed by atoms with Crippen LogP contribution in [0.25, 0.3) is 10.2 Å². The highest BCUT2D eigenvalue weighted by Crippen LogP contribution is 2.41. The Balaban J connectivity index is 1.98. The molecule has 0 radical (unpaired) electrons. The lowest BCUT2D eigenvalue weighted by atomic mass is 9.99. The summed E-state index contributed by atoms with van der Waals surface area (Å²) in [4.78, 5) is 29.4. The molecule has 3 heterocycles. The summed E-state index contributed by atoms with van der Waals surface area (Å²) in [5.74, 6) is -0.0168. The van der Waals surface area contributed by atoms with Crippen molar-refractivity contribution in [3.8, 4) is 0 Å². The predicted octanol–water partition coefficient (Wildman–Crippen LogP) is 7.02. The second kappa shape index (κ2) is 10.7. The molecule has 2 atom stereocenters. The maximum Gasteiger partial charge on any atom is 0.415 e. The van der Waals surface area contributed by atoms with Gasteiger partial charge in [-0.1, -0.05) is 13.0 Å². The van der Waals surface area contributed by atoms with Crippen molar-refractivity contribution in [2.24, 2.45) is 0 Å². The summed E-state index contributed by atoms with van der Waals surface area (Å²) in [6, 6.07) is 3.77. The topological polar surface area (TPSA) is 93.7 Å². The Kier molecular flexibility index (Phi) is 8.30. The van der Waals surface area contributed by atoms with Crippen LogP contribution >= 0.6 is 22.7 Å². The van der Waals surface area contributed by atoms with E-state index in [0.717, 1.165) is 25.5 Å². The van der Waals surface area contributed by atoms with Crippen molar-refractivity contribution in [3.63, 3.8) is 0 Å². The molecule has 3 aromatic heterocycles. The first-order valence-corrected chi connectivity index (χ1v) is 13.6. The maximum absolute atomic E-state index is 13.3. The van der Waals surface area contributed by atoms with Gasteiger partial charge in [0.25, 0.3) is 0 Å². The normalized spacial score (nSPS) is 13.8. The molecule has 0 aromatic carbocycles. The lowest BCUT2D eigenvalue weighted by Gasteiger charge is -2.27. The summed E-state index contributed by atoms with van der Waals surface area (Å²) in [5, 5.41) is 13.6. The smallest absolute Gasteiger partial charge is 0.415 e. The molecule has 3 aromatic rings. The Hall–Kier alpha value is -2.72. The fourth-order valence-corrected chi connectivity index (χ4v) is 5.72. The molecule has 0 aliphatic carbocycles. The molecule has 1 N–H and O–H groups in total. The monoisotopic (exact) mass is 532 g/mol. The molecule has 8 nitrogen and oxygen atoms in total. The number of thiophene rings is 2. The molecule has 3 rings (SSSR count). The van der Waals surface area contributed by atoms with E-state index in [2.05, 4.69) is 22.4 Å². The number of nitrogens with zero attached hydrogens (tertiary/aromatic N) is 3. The van der Waals surface area contributed by atoms with Crippen molar-refractivity contribution in [1.82, 2.24) is 15.5 Å². The first-order valence-electron chi connectivity index (χ1n) is 11.9. The fraction of sp³-hybridized carbons (Fsp3) is 0.538. The Morgan fingerprint density at radius 3 is 2.36 bits per heavy atom. The summed E-state index contributed by atoms with van der Waals surface area (Å²) in [5.41, 5.74) is 1.16. The number of alkyl carbamates (subject to hydrolysis) is 1. The third kappa shape index (κ3) is 6.94. The highest BCUT2D eigenvalue weighted by atomic mass is 32.1. The van der Waals surface area contributed by atoms with Crippen molar-refractivity contribution in [1.29, 1.82) is 0 Å². The van der Waals surface area contributed by atoms with Crippen molar-refractivity contribution in [2.45, 2.75) is 92.0 Å². The van der Waals surface area contributed by atoms with Gasteiger partial charge in [-0.2, -0.15) is 5.10 Å². The van der Waals surface area contributed by atoms with Crippen LogP contribution < -0.4 is 10.2 Å². The minimum atomic E-state index is -0.641. The predicted molar refractivity (Wildman–Crippen MR) is 146 cm³/mol. The second-order valence-electron chi connectivity index (χ2n) is 10.9. The van der Waals surface area contributed by atoms with E-state index in [1.165, 1.54) is 0 Å². The largest absolute Gasteiger partial charge is 0.444 e. The molecule has 1 unspecified atom stereocenters. The summed E-state index contributed by atoms with van der Waals surface area (Å²) in [6.07, 6.45) is 0.728. The maximum atomic E-state index is 13.3. The van der Waals surface area contributed by atoms with E-state index in [-0.39, 0.29) is 12.0 Å². The van der Waals surface area contributed by atoms with Gasteiger partial charge in [0.1, 0.15) is 16.7 Å². The van der Waals surface area contributed by atoms with E-state index in [9.17, 15) is 9.59 Å². The van der Waals surface area contributed by atoms with Gasteiger partial charge in [0, 0.05) is 21.7 Å². The van der Waals surface area contributed by atoms with E-state index >= 15 is 0 Å². The highest BCUT2D eigenvalue weighted by Gasteiger charge is 2.29. The molecule has 0 spiro atoms. The van der Waals surface area contributed by atoms with Crippen molar-refractivity contribution < 1.29 is 19.1 Å². The number of carbonyl (C=O) groups is 2. The average Bonchev–Trinajstić information content (AvgIpc) is 3.36. The van der Waals surface area contributed by atoms with Crippen LogP contribution in [0.2, 0.25) is 0 Å². The van der Waals surface area contributed by atoms with Gasteiger partial charge in [-0.05, 0) is 72.4 Å². The van der Waals surface area contributed by atoms with Crippen LogP contribution in [0.4, 0.5) is 15.3 Å². The summed E-state index contributed by atoms with van der Waals surface area (Å²) >= 11 is 3.14. The summed E-state index contributed by atoms with van der Waals surface area (Å²) < 4.78 is 12.0. The van der Waals surface area contributed by atoms with Crippen LogP contribution in [-0.4, -0.2) is 39.6 Å². The van der Waals surface area contributed by atoms with Gasteiger partial charge in [-0.25, -0.2) is 9.59 Å². The third-order valence-corrected chi connectivity index (χ3v) is 7.79. The summed E-state index contributed by atoms with van der Waals surface area (Å²) in [6.45, 7) is 17.4.